The molecule has 2 aromatic rings. The molecule has 12 nitrogen and oxygen atoms in total. The fourth-order valence-corrected chi connectivity index (χ4v) is 3.54. The molecule has 0 bridgehead atoms. The van der Waals surface area contributed by atoms with Gasteiger partial charge < -0.3 is 39.4 Å². The van der Waals surface area contributed by atoms with Crippen LogP contribution >= 0.6 is 0 Å². The molecule has 0 radical (unpaired) electrons. The second-order valence-electron chi connectivity index (χ2n) is 7.74. The van der Waals surface area contributed by atoms with Gasteiger partial charge in [0, 0.05) is 22.3 Å². The average molecular weight is 498 g/mol. The first kappa shape index (κ1) is 24.8. The van der Waals surface area contributed by atoms with Crippen molar-refractivity contribution in [1.82, 2.24) is 0 Å². The van der Waals surface area contributed by atoms with Crippen LogP contribution in [0.2, 0.25) is 0 Å². The smallest absolute Gasteiger partial charge is 0.336 e. The van der Waals surface area contributed by atoms with Crippen molar-refractivity contribution in [3.05, 3.63) is 70.8 Å². The predicted molar refractivity (Wildman–Crippen MR) is 114 cm³/mol. The molecule has 2 aromatic carbocycles. The normalized spacial score (nSPS) is 24.1. The highest BCUT2D eigenvalue weighted by Gasteiger charge is 2.47. The summed E-state index contributed by atoms with van der Waals surface area (Å²) in [5.74, 6) is 0.107. The minimum atomic E-state index is -1.63. The van der Waals surface area contributed by atoms with Crippen molar-refractivity contribution in [2.24, 2.45) is 0 Å². The number of rotatable bonds is 6. The van der Waals surface area contributed by atoms with Gasteiger partial charge in [0.25, 0.3) is 0 Å². The number of hydrogen-bond acceptors (Lipinski definition) is 8. The van der Waals surface area contributed by atoms with Crippen molar-refractivity contribution in [2.45, 2.75) is 37.0 Å². The summed E-state index contributed by atoms with van der Waals surface area (Å²) in [6.07, 6.45) is -8.80. The second-order valence-corrected chi connectivity index (χ2v) is 7.74. The first-order chi connectivity index (χ1) is 17.1. The molecule has 2 heterocycles. The molecule has 36 heavy (non-hydrogen) atoms. The zero-order chi connectivity index (χ0) is 26.0. The first-order valence-electron chi connectivity index (χ1n) is 10.4. The number of benzene rings is 2. The number of carbonyl (C=O) groups is 4. The molecule has 2 aliphatic heterocycles. The highest BCUT2D eigenvalue weighted by Crippen LogP contribution is 2.33. The van der Waals surface area contributed by atoms with Crippen LogP contribution in [0.3, 0.4) is 0 Å². The van der Waals surface area contributed by atoms with E-state index in [1.165, 1.54) is 0 Å². The Kier molecular flexibility index (Phi) is 7.00. The molecular weight excluding hydrogens is 480 g/mol. The van der Waals surface area contributed by atoms with Crippen molar-refractivity contribution >= 4 is 23.9 Å². The summed E-state index contributed by atoms with van der Waals surface area (Å²) in [5.41, 5.74) is 2.05. The maximum absolute atomic E-state index is 11.2. The molecule has 0 aliphatic carbocycles. The van der Waals surface area contributed by atoms with Gasteiger partial charge in [0.15, 0.2) is 37.0 Å². The van der Waals surface area contributed by atoms with Gasteiger partial charge in [-0.15, -0.1) is 0 Å². The molecule has 2 fully saturated rings. The van der Waals surface area contributed by atoms with Crippen molar-refractivity contribution in [3.8, 4) is 11.8 Å². The van der Waals surface area contributed by atoms with Gasteiger partial charge in [-0.3, -0.25) is 0 Å². The van der Waals surface area contributed by atoms with Gasteiger partial charge in [0.05, 0.1) is 0 Å². The molecule has 4 N–H and O–H groups in total. The summed E-state index contributed by atoms with van der Waals surface area (Å²) in [7, 11) is 0. The summed E-state index contributed by atoms with van der Waals surface area (Å²) in [6, 6.07) is 12.8. The Bertz CT molecular complexity index is 1100. The van der Waals surface area contributed by atoms with E-state index >= 15 is 0 Å². The van der Waals surface area contributed by atoms with Crippen LogP contribution in [0, 0.1) is 11.8 Å². The molecule has 186 valence electrons. The summed E-state index contributed by atoms with van der Waals surface area (Å²) >= 11 is 0. The van der Waals surface area contributed by atoms with E-state index in [1.54, 1.807) is 48.5 Å². The lowest BCUT2D eigenvalue weighted by Crippen LogP contribution is -2.36. The van der Waals surface area contributed by atoms with Crippen LogP contribution in [0.4, 0.5) is 0 Å². The van der Waals surface area contributed by atoms with Crippen LogP contribution in [-0.2, 0) is 38.1 Å². The van der Waals surface area contributed by atoms with Gasteiger partial charge in [-0.2, -0.15) is 0 Å². The summed E-state index contributed by atoms with van der Waals surface area (Å²) < 4.78 is 20.9. The number of ether oxygens (including phenoxy) is 4. The van der Waals surface area contributed by atoms with Crippen LogP contribution in [0.15, 0.2) is 48.5 Å². The van der Waals surface area contributed by atoms with Crippen molar-refractivity contribution < 1.29 is 58.6 Å². The number of carboxylic acid groups (broad SMARTS) is 4. The molecule has 0 amide bonds. The molecule has 2 saturated heterocycles. The molecular formula is C24H18O12. The van der Waals surface area contributed by atoms with Crippen molar-refractivity contribution in [3.63, 3.8) is 0 Å². The zero-order valence-corrected chi connectivity index (χ0v) is 18.1. The Labute approximate surface area is 202 Å². The Morgan fingerprint density at radius 3 is 0.972 bits per heavy atom. The fourth-order valence-electron chi connectivity index (χ4n) is 3.54. The average Bonchev–Trinajstić information content (AvgIpc) is 3.49. The minimum absolute atomic E-state index is 0.427. The molecule has 0 spiro atoms. The Morgan fingerprint density at radius 1 is 0.500 bits per heavy atom. The lowest BCUT2D eigenvalue weighted by molar-refractivity contribution is -0.156. The van der Waals surface area contributed by atoms with E-state index in [-0.39, 0.29) is 0 Å². The van der Waals surface area contributed by atoms with Crippen LogP contribution in [0.1, 0.15) is 34.8 Å². The van der Waals surface area contributed by atoms with Crippen LogP contribution in [-0.4, -0.2) is 68.7 Å². The van der Waals surface area contributed by atoms with E-state index in [2.05, 4.69) is 11.8 Å². The van der Waals surface area contributed by atoms with Gasteiger partial charge >= 0.3 is 23.9 Å². The molecule has 4 atom stereocenters. The van der Waals surface area contributed by atoms with Gasteiger partial charge in [-0.25, -0.2) is 19.2 Å². The number of hydrogen-bond donors (Lipinski definition) is 4. The van der Waals surface area contributed by atoms with E-state index in [0.717, 1.165) is 0 Å². The Hall–Kier alpha value is -4.28. The highest BCUT2D eigenvalue weighted by molar-refractivity contribution is 5.84. The largest absolute Gasteiger partial charge is 0.479 e. The number of carboxylic acids is 4. The molecule has 0 saturated carbocycles. The zero-order valence-electron chi connectivity index (χ0n) is 18.1. The van der Waals surface area contributed by atoms with E-state index < -0.39 is 60.9 Å². The molecule has 2 aliphatic rings. The second kappa shape index (κ2) is 10.1. The third-order valence-electron chi connectivity index (χ3n) is 5.32. The summed E-state index contributed by atoms with van der Waals surface area (Å²) in [5, 5.41) is 36.5. The van der Waals surface area contributed by atoms with Crippen LogP contribution in [0.25, 0.3) is 0 Å². The topological polar surface area (TPSA) is 186 Å². The monoisotopic (exact) mass is 498 g/mol. The van der Waals surface area contributed by atoms with Gasteiger partial charge in [0.2, 0.25) is 0 Å². The van der Waals surface area contributed by atoms with Gasteiger partial charge in [-0.05, 0) is 24.3 Å². The van der Waals surface area contributed by atoms with Gasteiger partial charge in [-0.1, -0.05) is 36.1 Å². The predicted octanol–water partition coefficient (Wildman–Crippen LogP) is 0.990. The van der Waals surface area contributed by atoms with E-state index in [9.17, 15) is 19.2 Å². The lowest BCUT2D eigenvalue weighted by Gasteiger charge is -2.10. The van der Waals surface area contributed by atoms with E-state index in [0.29, 0.717) is 22.3 Å². The SMILES string of the molecule is O=C(O)[C@@H]1OC(c2ccc(C#Cc3ccc(C4O[C@@H](C(=O)O)[C@H](C(=O)O)O4)cc3)cc2)O[C@H]1C(=O)O. The quantitative estimate of drug-likeness (QED) is 0.415. The van der Waals surface area contributed by atoms with Crippen molar-refractivity contribution in [1.29, 1.82) is 0 Å². The molecule has 12 heteroatoms. The maximum Gasteiger partial charge on any atom is 0.336 e. The van der Waals surface area contributed by atoms with Crippen LogP contribution < -0.4 is 0 Å². The van der Waals surface area contributed by atoms with E-state index in [4.69, 9.17) is 39.4 Å². The Morgan fingerprint density at radius 2 is 0.750 bits per heavy atom. The fraction of sp³-hybridized carbons (Fsp3) is 0.250. The summed E-state index contributed by atoms with van der Waals surface area (Å²) in [6.45, 7) is 0. The van der Waals surface area contributed by atoms with Gasteiger partial charge in [0.1, 0.15) is 0 Å². The third-order valence-corrected chi connectivity index (χ3v) is 5.32. The van der Waals surface area contributed by atoms with Crippen molar-refractivity contribution in [2.75, 3.05) is 0 Å². The van der Waals surface area contributed by atoms with E-state index in [1.807, 2.05) is 0 Å². The number of aliphatic carboxylic acids is 4. The molecule has 4 rings (SSSR count). The summed E-state index contributed by atoms with van der Waals surface area (Å²) in [4.78, 5) is 44.8. The maximum atomic E-state index is 11.2. The molecule has 0 unspecified atom stereocenters. The minimum Gasteiger partial charge on any atom is -0.479 e. The Balaban J connectivity index is 1.41. The first-order valence-corrected chi connectivity index (χ1v) is 10.4. The van der Waals surface area contributed by atoms with Crippen LogP contribution in [0.5, 0.6) is 0 Å². The standard InChI is InChI=1S/C24H18O12/c25-19(26)15-16(20(27)28)34-23(33-15)13-7-3-11(4-8-13)1-2-12-5-9-14(10-6-12)24-35-17(21(29)30)18(36-24)22(31)32/h3-10,15-18,23-24H,(H,25,26)(H,27,28)(H,29,30)(H,31,32)/t15-,16-,17-,18-/m1/s1. The highest BCUT2D eigenvalue weighted by atomic mass is 16.8. The molecule has 0 aromatic heterocycles. The lowest BCUT2D eigenvalue weighted by atomic mass is 10.1. The third kappa shape index (κ3) is 5.19.